The first-order chi connectivity index (χ1) is 13.6. The summed E-state index contributed by atoms with van der Waals surface area (Å²) in [6.07, 6.45) is 0. The van der Waals surface area contributed by atoms with E-state index < -0.39 is 0 Å². The third-order valence-corrected chi connectivity index (χ3v) is 4.64. The van der Waals surface area contributed by atoms with E-state index in [1.165, 1.54) is 12.1 Å². The molecule has 0 radical (unpaired) electrons. The Bertz CT molecular complexity index is 1100. The molecule has 7 heteroatoms. The molecule has 3 N–H and O–H groups in total. The molecule has 4 rings (SSSR count). The second kappa shape index (κ2) is 7.08. The van der Waals surface area contributed by atoms with E-state index in [-0.39, 0.29) is 24.2 Å². The number of aryl methyl sites for hydroxylation is 1. The Morgan fingerprint density at radius 2 is 2.07 bits per heavy atom. The molecule has 3 aromatic rings. The van der Waals surface area contributed by atoms with Gasteiger partial charge in [0.15, 0.2) is 0 Å². The second-order valence-electron chi connectivity index (χ2n) is 6.48. The number of nitrogens with two attached hydrogens (primary N) is 1. The Balaban J connectivity index is 1.60. The van der Waals surface area contributed by atoms with Gasteiger partial charge in [0.05, 0.1) is 5.92 Å². The van der Waals surface area contributed by atoms with Crippen molar-refractivity contribution in [3.05, 3.63) is 88.2 Å². The summed E-state index contributed by atoms with van der Waals surface area (Å²) in [5.41, 5.74) is 9.47. The lowest BCUT2D eigenvalue weighted by Gasteiger charge is -2.23. The van der Waals surface area contributed by atoms with Crippen LogP contribution in [0.1, 0.15) is 28.3 Å². The Hall–Kier alpha value is -3.79. The summed E-state index contributed by atoms with van der Waals surface area (Å²) < 4.78 is 24.5. The Labute approximate surface area is 161 Å². The zero-order chi connectivity index (χ0) is 19.7. The molecule has 6 nitrogen and oxygen atoms in total. The predicted molar refractivity (Wildman–Crippen MR) is 99.8 cm³/mol. The van der Waals surface area contributed by atoms with E-state index >= 15 is 0 Å². The maximum absolute atomic E-state index is 13.3. The van der Waals surface area contributed by atoms with Crippen molar-refractivity contribution in [2.24, 2.45) is 5.73 Å². The fourth-order valence-corrected chi connectivity index (χ4v) is 3.28. The maximum atomic E-state index is 13.3. The van der Waals surface area contributed by atoms with Crippen LogP contribution in [0.15, 0.2) is 60.0 Å². The van der Waals surface area contributed by atoms with Gasteiger partial charge in [-0.25, -0.2) is 4.39 Å². The minimum absolute atomic E-state index is 0.0536. The van der Waals surface area contributed by atoms with Crippen LogP contribution in [-0.4, -0.2) is 10.2 Å². The molecule has 0 fully saturated rings. The third kappa shape index (κ3) is 3.16. The lowest BCUT2D eigenvalue weighted by Crippen LogP contribution is -2.21. The average Bonchev–Trinajstić information content (AvgIpc) is 3.06. The molecule has 1 atom stereocenters. The SMILES string of the molecule is Cc1[nH]nc2c1[C@@H](c1ccc(OCc3cccc(F)c3)cc1)C(C#N)=C(N)O2. The van der Waals surface area contributed by atoms with Gasteiger partial charge >= 0.3 is 0 Å². The van der Waals surface area contributed by atoms with Crippen LogP contribution in [0.2, 0.25) is 0 Å². The van der Waals surface area contributed by atoms with Gasteiger partial charge in [0, 0.05) is 11.3 Å². The molecule has 2 aromatic carbocycles. The average molecular weight is 376 g/mol. The van der Waals surface area contributed by atoms with Crippen molar-refractivity contribution in [3.63, 3.8) is 0 Å². The quantitative estimate of drug-likeness (QED) is 0.724. The van der Waals surface area contributed by atoms with E-state index in [1.807, 2.05) is 31.2 Å². The Kier molecular flexibility index (Phi) is 4.45. The molecule has 1 aliphatic rings. The van der Waals surface area contributed by atoms with Gasteiger partial charge in [0.2, 0.25) is 11.8 Å². The number of allylic oxidation sites excluding steroid dienone is 1. The van der Waals surface area contributed by atoms with Crippen LogP contribution in [0.3, 0.4) is 0 Å². The van der Waals surface area contributed by atoms with Gasteiger partial charge < -0.3 is 15.2 Å². The van der Waals surface area contributed by atoms with E-state index in [4.69, 9.17) is 15.2 Å². The number of halogens is 1. The topological polar surface area (TPSA) is 97.0 Å². The predicted octanol–water partition coefficient (Wildman–Crippen LogP) is 3.65. The molecular weight excluding hydrogens is 359 g/mol. The fraction of sp³-hybridized carbons (Fsp3) is 0.143. The first-order valence-corrected chi connectivity index (χ1v) is 8.66. The minimum Gasteiger partial charge on any atom is -0.489 e. The summed E-state index contributed by atoms with van der Waals surface area (Å²) >= 11 is 0. The molecule has 0 spiro atoms. The van der Waals surface area contributed by atoms with Crippen molar-refractivity contribution in [3.8, 4) is 17.7 Å². The molecule has 0 unspecified atom stereocenters. The summed E-state index contributed by atoms with van der Waals surface area (Å²) in [6.45, 7) is 2.13. The van der Waals surface area contributed by atoms with Crippen molar-refractivity contribution in [2.45, 2.75) is 19.4 Å². The van der Waals surface area contributed by atoms with Gasteiger partial charge in [0.25, 0.3) is 0 Å². The number of hydrogen-bond donors (Lipinski definition) is 2. The van der Waals surface area contributed by atoms with Crippen molar-refractivity contribution >= 4 is 0 Å². The van der Waals surface area contributed by atoms with Crippen LogP contribution in [0.25, 0.3) is 0 Å². The molecule has 1 aromatic heterocycles. The maximum Gasteiger partial charge on any atom is 0.244 e. The number of nitriles is 1. The van der Waals surface area contributed by atoms with Crippen LogP contribution in [0.4, 0.5) is 4.39 Å². The highest BCUT2D eigenvalue weighted by Gasteiger charge is 2.34. The van der Waals surface area contributed by atoms with Crippen LogP contribution in [0.5, 0.6) is 11.6 Å². The number of nitrogens with zero attached hydrogens (tertiary/aromatic N) is 2. The van der Waals surface area contributed by atoms with Crippen LogP contribution < -0.4 is 15.2 Å². The van der Waals surface area contributed by atoms with E-state index in [2.05, 4.69) is 16.3 Å². The molecule has 0 aliphatic carbocycles. The Morgan fingerprint density at radius 1 is 1.29 bits per heavy atom. The number of aromatic amines is 1. The summed E-state index contributed by atoms with van der Waals surface area (Å²) in [6, 6.07) is 15.8. The number of aromatic nitrogens is 2. The normalized spacial score (nSPS) is 15.5. The number of ether oxygens (including phenoxy) is 2. The summed E-state index contributed by atoms with van der Waals surface area (Å²) in [7, 11) is 0. The number of rotatable bonds is 4. The zero-order valence-electron chi connectivity index (χ0n) is 15.1. The summed E-state index contributed by atoms with van der Waals surface area (Å²) in [5, 5.41) is 16.6. The largest absolute Gasteiger partial charge is 0.489 e. The van der Waals surface area contributed by atoms with E-state index in [0.29, 0.717) is 17.2 Å². The van der Waals surface area contributed by atoms with Gasteiger partial charge in [-0.3, -0.25) is 5.10 Å². The van der Waals surface area contributed by atoms with Crippen molar-refractivity contribution in [1.82, 2.24) is 10.2 Å². The van der Waals surface area contributed by atoms with Crippen LogP contribution in [0, 0.1) is 24.1 Å². The number of fused-ring (bicyclic) bond motifs is 1. The molecular formula is C21H17FN4O2. The van der Waals surface area contributed by atoms with E-state index in [0.717, 1.165) is 22.4 Å². The van der Waals surface area contributed by atoms with Crippen LogP contribution >= 0.6 is 0 Å². The molecule has 0 saturated heterocycles. The monoisotopic (exact) mass is 376 g/mol. The van der Waals surface area contributed by atoms with E-state index in [1.54, 1.807) is 12.1 Å². The standard InChI is InChI=1S/C21H17FN4O2/c1-12-18-19(17(10-23)20(24)28-21(18)26-25-12)14-5-7-16(8-6-14)27-11-13-3-2-4-15(22)9-13/h2-9,19H,11,24H2,1H3,(H,25,26)/t19-/m0/s1. The number of H-pyrrole nitrogens is 1. The first kappa shape index (κ1) is 17.6. The first-order valence-electron chi connectivity index (χ1n) is 8.66. The van der Waals surface area contributed by atoms with Crippen LogP contribution in [-0.2, 0) is 6.61 Å². The van der Waals surface area contributed by atoms with Gasteiger partial charge in [-0.15, -0.1) is 5.10 Å². The molecule has 0 saturated carbocycles. The Morgan fingerprint density at radius 3 is 2.79 bits per heavy atom. The lowest BCUT2D eigenvalue weighted by atomic mass is 9.84. The number of nitrogens with one attached hydrogen (secondary N) is 1. The third-order valence-electron chi connectivity index (χ3n) is 4.64. The summed E-state index contributed by atoms with van der Waals surface area (Å²) in [4.78, 5) is 0. The molecule has 140 valence electrons. The molecule has 1 aliphatic heterocycles. The fourth-order valence-electron chi connectivity index (χ4n) is 3.28. The highest BCUT2D eigenvalue weighted by atomic mass is 19.1. The highest BCUT2D eigenvalue weighted by molar-refractivity contribution is 5.55. The number of benzene rings is 2. The van der Waals surface area contributed by atoms with Gasteiger partial charge in [0.1, 0.15) is 29.8 Å². The zero-order valence-corrected chi connectivity index (χ0v) is 15.1. The van der Waals surface area contributed by atoms with Crippen molar-refractivity contribution in [2.75, 3.05) is 0 Å². The minimum atomic E-state index is -0.371. The highest BCUT2D eigenvalue weighted by Crippen LogP contribution is 2.42. The summed E-state index contributed by atoms with van der Waals surface area (Å²) in [5.74, 6) is 0.406. The van der Waals surface area contributed by atoms with Gasteiger partial charge in [-0.2, -0.15) is 5.26 Å². The molecule has 0 amide bonds. The molecule has 28 heavy (non-hydrogen) atoms. The molecule has 2 heterocycles. The molecule has 0 bridgehead atoms. The smallest absolute Gasteiger partial charge is 0.244 e. The van der Waals surface area contributed by atoms with Crippen molar-refractivity contribution in [1.29, 1.82) is 5.26 Å². The van der Waals surface area contributed by atoms with Crippen molar-refractivity contribution < 1.29 is 13.9 Å². The second-order valence-corrected chi connectivity index (χ2v) is 6.48. The van der Waals surface area contributed by atoms with E-state index in [9.17, 15) is 9.65 Å². The van der Waals surface area contributed by atoms with Gasteiger partial charge in [-0.05, 0) is 42.3 Å². The number of hydrogen-bond acceptors (Lipinski definition) is 5. The lowest BCUT2D eigenvalue weighted by molar-refractivity contribution is 0.305. The van der Waals surface area contributed by atoms with Gasteiger partial charge in [-0.1, -0.05) is 24.3 Å².